The van der Waals surface area contributed by atoms with E-state index in [-0.39, 0.29) is 70.6 Å². The van der Waals surface area contributed by atoms with E-state index in [2.05, 4.69) is 67.1 Å². The first kappa shape index (κ1) is 49.5. The third kappa shape index (κ3) is 19.6. The molecule has 2 rings (SSSR count). The second-order valence-electron chi connectivity index (χ2n) is 13.8. The summed E-state index contributed by atoms with van der Waals surface area (Å²) in [5.74, 6) is -2.91. The number of ether oxygens (including phenoxy) is 2. The van der Waals surface area contributed by atoms with E-state index >= 15 is 0 Å². The van der Waals surface area contributed by atoms with Crippen molar-refractivity contribution in [1.82, 2.24) is 10.6 Å². The van der Waals surface area contributed by atoms with Crippen LogP contribution in [0.25, 0.3) is 0 Å². The van der Waals surface area contributed by atoms with Crippen LogP contribution in [-0.2, 0) is 23.9 Å². The molecule has 0 spiro atoms. The van der Waals surface area contributed by atoms with Crippen molar-refractivity contribution in [2.75, 3.05) is 19.8 Å². The fourth-order valence-electron chi connectivity index (χ4n) is 6.48. The van der Waals surface area contributed by atoms with E-state index in [1.165, 1.54) is 77.0 Å². The van der Waals surface area contributed by atoms with Crippen molar-refractivity contribution in [3.63, 3.8) is 0 Å². The van der Waals surface area contributed by atoms with Gasteiger partial charge in [0.1, 0.15) is 5.92 Å². The molecule has 52 heavy (non-hydrogen) atoms. The lowest BCUT2D eigenvalue weighted by atomic mass is 9.84. The summed E-state index contributed by atoms with van der Waals surface area (Å²) < 4.78 is 13.5. The molecule has 2 N–H and O–H groups in total. The Bertz CT molecular complexity index is 1220. The molecule has 1 aliphatic rings. The molecule has 2 unspecified atom stereocenters. The molecule has 1 aromatic heterocycles. The number of carbonyl (C=O) groups is 3. The van der Waals surface area contributed by atoms with E-state index in [0.29, 0.717) is 11.7 Å². The first-order valence-corrected chi connectivity index (χ1v) is 19.5. The van der Waals surface area contributed by atoms with E-state index < -0.39 is 23.8 Å². The van der Waals surface area contributed by atoms with Crippen LogP contribution >= 0.6 is 17.0 Å². The number of carbonyl (C=O) groups excluding carboxylic acids is 3. The molecule has 1 aromatic rings. The Morgan fingerprint density at radius 3 is 1.75 bits per heavy atom. The van der Waals surface area contributed by atoms with Gasteiger partial charge in [0.15, 0.2) is 18.4 Å². The number of aromatic nitrogens is 1. The van der Waals surface area contributed by atoms with Gasteiger partial charge in [0.2, 0.25) is 5.91 Å². The monoisotopic (exact) mass is 852 g/mol. The normalized spacial score (nSPS) is 14.4. The third-order valence-corrected chi connectivity index (χ3v) is 9.50. The Morgan fingerprint density at radius 1 is 0.788 bits per heavy atom. The highest BCUT2D eigenvalue weighted by atomic mass is 79.9. The van der Waals surface area contributed by atoms with Gasteiger partial charge in [-0.2, -0.15) is 0 Å². The number of dihydropyridines is 1. The Balaban J connectivity index is 0.0000130. The number of rotatable bonds is 28. The SMILES string of the molecule is Br.[Br-].[CH2]C1=C(C(=O)OCCCCCCCCCCC(C)[n+]2ccccc2)C(C(=O)NCC=C)C(C(=O)OCCCCCCCCCCCC)=C(C)N1. The van der Waals surface area contributed by atoms with Crippen molar-refractivity contribution < 1.29 is 45.4 Å². The lowest BCUT2D eigenvalue weighted by Gasteiger charge is -2.29. The van der Waals surface area contributed by atoms with Crippen molar-refractivity contribution in [2.24, 2.45) is 5.92 Å². The average molecular weight is 855 g/mol. The van der Waals surface area contributed by atoms with Gasteiger partial charge in [-0.25, -0.2) is 14.2 Å². The summed E-state index contributed by atoms with van der Waals surface area (Å²) in [7, 11) is 0. The topological polar surface area (TPSA) is 97.6 Å². The molecule has 1 amide bonds. The maximum atomic E-state index is 13.4. The molecule has 10 heteroatoms. The van der Waals surface area contributed by atoms with E-state index in [4.69, 9.17) is 9.47 Å². The smallest absolute Gasteiger partial charge is 0.336 e. The molecule has 0 bridgehead atoms. The van der Waals surface area contributed by atoms with Crippen LogP contribution in [0.2, 0.25) is 0 Å². The summed E-state index contributed by atoms with van der Waals surface area (Å²) >= 11 is 0. The number of hydrogen-bond donors (Lipinski definition) is 2. The third-order valence-electron chi connectivity index (χ3n) is 9.50. The van der Waals surface area contributed by atoms with E-state index in [1.54, 1.807) is 13.0 Å². The zero-order valence-corrected chi connectivity index (χ0v) is 35.7. The molecule has 2 atom stereocenters. The van der Waals surface area contributed by atoms with E-state index in [9.17, 15) is 14.4 Å². The molecule has 1 aliphatic heterocycles. The van der Waals surface area contributed by atoms with Crippen LogP contribution in [0.4, 0.5) is 0 Å². The number of hydrogen-bond acceptors (Lipinski definition) is 6. The number of pyridine rings is 1. The van der Waals surface area contributed by atoms with E-state index in [0.717, 1.165) is 44.9 Å². The van der Waals surface area contributed by atoms with Crippen molar-refractivity contribution in [3.8, 4) is 0 Å². The Morgan fingerprint density at radius 2 is 1.25 bits per heavy atom. The quantitative estimate of drug-likeness (QED) is 0.0432. The van der Waals surface area contributed by atoms with Gasteiger partial charge in [-0.3, -0.25) is 4.79 Å². The molecular weight excluding hydrogens is 786 g/mol. The summed E-state index contributed by atoms with van der Waals surface area (Å²) in [5.41, 5.74) is 0.867. The predicted octanol–water partition coefficient (Wildman–Crippen LogP) is 6.52. The Hall–Kier alpha value is -2.46. The van der Waals surface area contributed by atoms with Crippen LogP contribution in [0.5, 0.6) is 0 Å². The summed E-state index contributed by atoms with van der Waals surface area (Å²) in [6.45, 7) is 14.6. The van der Waals surface area contributed by atoms with Crippen molar-refractivity contribution in [3.05, 3.63) is 72.7 Å². The van der Waals surface area contributed by atoms with Gasteiger partial charge in [0.25, 0.3) is 0 Å². The molecule has 1 radical (unpaired) electrons. The van der Waals surface area contributed by atoms with Crippen LogP contribution in [0.1, 0.15) is 149 Å². The lowest BCUT2D eigenvalue weighted by molar-refractivity contribution is -0.720. The number of nitrogens with one attached hydrogen (secondary N) is 2. The minimum absolute atomic E-state index is 0. The maximum Gasteiger partial charge on any atom is 0.336 e. The van der Waals surface area contributed by atoms with Gasteiger partial charge in [-0.15, -0.1) is 23.6 Å². The van der Waals surface area contributed by atoms with Crippen molar-refractivity contribution >= 4 is 34.8 Å². The largest absolute Gasteiger partial charge is 1.00 e. The first-order valence-electron chi connectivity index (χ1n) is 19.5. The highest BCUT2D eigenvalue weighted by Gasteiger charge is 2.41. The first-order chi connectivity index (χ1) is 24.3. The second-order valence-corrected chi connectivity index (χ2v) is 13.8. The summed E-state index contributed by atoms with van der Waals surface area (Å²) in [6.07, 6.45) is 27.7. The molecule has 0 fully saturated rings. The number of nitrogens with zero attached hydrogens (tertiary/aromatic N) is 1. The molecule has 0 saturated carbocycles. The minimum atomic E-state index is -1.18. The molecule has 0 aliphatic carbocycles. The van der Waals surface area contributed by atoms with Crippen molar-refractivity contribution in [2.45, 2.75) is 149 Å². The average Bonchev–Trinajstić information content (AvgIpc) is 3.11. The zero-order valence-electron chi connectivity index (χ0n) is 32.4. The Labute approximate surface area is 336 Å². The fourth-order valence-corrected chi connectivity index (χ4v) is 6.48. The van der Waals surface area contributed by atoms with Crippen LogP contribution in [0.3, 0.4) is 0 Å². The lowest BCUT2D eigenvalue weighted by Crippen LogP contribution is -3.00. The zero-order chi connectivity index (χ0) is 36.4. The molecule has 8 nitrogen and oxygen atoms in total. The van der Waals surface area contributed by atoms with E-state index in [1.807, 2.05) is 6.07 Å². The predicted molar refractivity (Wildman–Crippen MR) is 212 cm³/mol. The highest BCUT2D eigenvalue weighted by Crippen LogP contribution is 2.32. The summed E-state index contributed by atoms with van der Waals surface area (Å²) in [6, 6.07) is 6.73. The van der Waals surface area contributed by atoms with Gasteiger partial charge >= 0.3 is 11.9 Å². The van der Waals surface area contributed by atoms with Gasteiger partial charge < -0.3 is 37.1 Å². The maximum absolute atomic E-state index is 13.4. The molecule has 0 aromatic carbocycles. The fraction of sp³-hybridized carbons (Fsp3) is 0.643. The number of allylic oxidation sites excluding steroid dienone is 2. The van der Waals surface area contributed by atoms with Gasteiger partial charge in [-0.1, -0.05) is 115 Å². The molecule has 2 heterocycles. The standard InChI is InChI=1S/C42H66N3O5.2BrH/c1-6-8-9-10-11-12-14-17-20-26-32-49-41(47)37-35(4)44-36(5)38(39(37)40(46)43-29-7-2)42(48)50-33-27-21-18-15-13-16-19-23-28-34(3)45-30-24-22-25-31-45;;/h7,22,24-25,30-31,34,39H,2,5-6,8-21,23,26-29,32-33H2,1,3-4H3,(H-,43,44,46,47,48);2*1H. The minimum Gasteiger partial charge on any atom is -1.00 e. The molecular formula is C42H68Br2N3O5. The summed E-state index contributed by atoms with van der Waals surface area (Å²) in [4.78, 5) is 40.1. The number of esters is 2. The van der Waals surface area contributed by atoms with Crippen LogP contribution < -0.4 is 32.2 Å². The number of halogens is 2. The second kappa shape index (κ2) is 30.9. The van der Waals surface area contributed by atoms with Gasteiger partial charge in [0.05, 0.1) is 24.4 Å². The highest BCUT2D eigenvalue weighted by molar-refractivity contribution is 8.93. The molecule has 295 valence electrons. The van der Waals surface area contributed by atoms with Crippen LogP contribution in [-0.4, -0.2) is 37.6 Å². The molecule has 0 saturated heterocycles. The summed E-state index contributed by atoms with van der Waals surface area (Å²) in [5, 5.41) is 5.77. The number of unbranched alkanes of at least 4 members (excludes halogenated alkanes) is 16. The van der Waals surface area contributed by atoms with Gasteiger partial charge in [0, 0.05) is 36.5 Å². The Kier molecular flexibility index (Phi) is 29.5. The van der Waals surface area contributed by atoms with Crippen molar-refractivity contribution in [1.29, 1.82) is 0 Å². The number of amides is 1. The van der Waals surface area contributed by atoms with Crippen LogP contribution in [0, 0.1) is 12.8 Å². The van der Waals surface area contributed by atoms with Crippen LogP contribution in [0.15, 0.2) is 65.8 Å². The van der Waals surface area contributed by atoms with Gasteiger partial charge in [-0.05, 0) is 40.0 Å².